The molecule has 0 spiro atoms. The molecule has 3 nitrogen and oxygen atoms in total. The number of benzene rings is 1. The molecule has 2 aromatic rings. The number of carbonyl (C=O) groups is 2. The van der Waals surface area contributed by atoms with Gasteiger partial charge in [-0.1, -0.05) is 17.7 Å². The van der Waals surface area contributed by atoms with Crippen LogP contribution in [0.3, 0.4) is 0 Å². The maximum Gasteiger partial charge on any atom is 0.293 e. The molecule has 1 saturated heterocycles. The quantitative estimate of drug-likeness (QED) is 0.709. The minimum atomic E-state index is -0.533. The fraction of sp³-hybridized carbons (Fsp3) is 0.125. The number of hydrogen-bond acceptors (Lipinski definition) is 4. The first-order valence-electron chi connectivity index (χ1n) is 6.69. The number of carbonyl (C=O) groups excluding carboxylic acids is 2. The number of halogens is 2. The summed E-state index contributed by atoms with van der Waals surface area (Å²) in [6.07, 6.45) is 1.70. The molecule has 1 aliphatic heterocycles. The Labute approximate surface area is 145 Å². The maximum atomic E-state index is 13.9. The van der Waals surface area contributed by atoms with E-state index in [4.69, 9.17) is 11.6 Å². The first-order chi connectivity index (χ1) is 11.0. The van der Waals surface area contributed by atoms with Crippen LogP contribution in [0.2, 0.25) is 5.02 Å². The zero-order valence-electron chi connectivity index (χ0n) is 12.0. The number of thioether (sulfide) groups is 1. The molecule has 0 N–H and O–H groups in total. The molecule has 1 fully saturated rings. The second kappa shape index (κ2) is 6.47. The van der Waals surface area contributed by atoms with Crippen molar-refractivity contribution >= 4 is 51.9 Å². The van der Waals surface area contributed by atoms with Crippen LogP contribution in [0.1, 0.15) is 16.0 Å². The average Bonchev–Trinajstić information content (AvgIpc) is 3.01. The molecule has 0 unspecified atom stereocenters. The zero-order valence-corrected chi connectivity index (χ0v) is 14.4. The monoisotopic (exact) mass is 367 g/mol. The van der Waals surface area contributed by atoms with Crippen molar-refractivity contribution in [3.63, 3.8) is 0 Å². The lowest BCUT2D eigenvalue weighted by molar-refractivity contribution is -0.123. The van der Waals surface area contributed by atoms with Crippen LogP contribution < -0.4 is 0 Å². The highest BCUT2D eigenvalue weighted by Gasteiger charge is 2.36. The van der Waals surface area contributed by atoms with Gasteiger partial charge in [-0.05, 0) is 53.9 Å². The van der Waals surface area contributed by atoms with Crippen LogP contribution >= 0.6 is 34.7 Å². The molecule has 2 heterocycles. The topological polar surface area (TPSA) is 37.4 Å². The molecule has 0 saturated carbocycles. The van der Waals surface area contributed by atoms with Crippen molar-refractivity contribution in [2.45, 2.75) is 13.5 Å². The first kappa shape index (κ1) is 16.2. The van der Waals surface area contributed by atoms with Gasteiger partial charge in [0, 0.05) is 15.5 Å². The fourth-order valence-electron chi connectivity index (χ4n) is 2.13. The Morgan fingerprint density at radius 2 is 2.09 bits per heavy atom. The van der Waals surface area contributed by atoms with Crippen LogP contribution in [0.25, 0.3) is 6.08 Å². The van der Waals surface area contributed by atoms with Gasteiger partial charge in [-0.3, -0.25) is 14.5 Å². The van der Waals surface area contributed by atoms with Gasteiger partial charge in [0.2, 0.25) is 0 Å². The summed E-state index contributed by atoms with van der Waals surface area (Å²) in [6.45, 7) is 1.77. The summed E-state index contributed by atoms with van der Waals surface area (Å²) in [4.78, 5) is 26.8. The number of rotatable bonds is 3. The van der Waals surface area contributed by atoms with Crippen molar-refractivity contribution in [2.75, 3.05) is 0 Å². The van der Waals surface area contributed by atoms with Crippen LogP contribution in [0.5, 0.6) is 0 Å². The van der Waals surface area contributed by atoms with Crippen molar-refractivity contribution < 1.29 is 14.0 Å². The highest BCUT2D eigenvalue weighted by Crippen LogP contribution is 2.35. The number of nitrogens with zero attached hydrogens (tertiary/aromatic N) is 1. The Morgan fingerprint density at radius 3 is 2.74 bits per heavy atom. The van der Waals surface area contributed by atoms with E-state index in [0.29, 0.717) is 4.91 Å². The molecule has 118 valence electrons. The molecule has 0 bridgehead atoms. The smallest absolute Gasteiger partial charge is 0.268 e. The molecule has 2 amide bonds. The summed E-state index contributed by atoms with van der Waals surface area (Å²) >= 11 is 8.32. The van der Waals surface area contributed by atoms with Gasteiger partial charge in [-0.15, -0.1) is 11.3 Å². The molecule has 0 radical (unpaired) electrons. The van der Waals surface area contributed by atoms with E-state index in [1.54, 1.807) is 6.08 Å². The van der Waals surface area contributed by atoms with Gasteiger partial charge in [0.1, 0.15) is 5.82 Å². The van der Waals surface area contributed by atoms with Gasteiger partial charge < -0.3 is 0 Å². The van der Waals surface area contributed by atoms with E-state index in [2.05, 4.69) is 0 Å². The number of aryl methyl sites for hydroxylation is 1. The summed E-state index contributed by atoms with van der Waals surface area (Å²) < 4.78 is 13.9. The zero-order chi connectivity index (χ0) is 16.6. The molecule has 1 aromatic heterocycles. The van der Waals surface area contributed by atoms with Crippen molar-refractivity contribution in [1.29, 1.82) is 0 Å². The number of hydrogen-bond donors (Lipinski definition) is 0. The molecule has 0 atom stereocenters. The lowest BCUT2D eigenvalue weighted by Gasteiger charge is -2.14. The van der Waals surface area contributed by atoms with E-state index in [-0.39, 0.29) is 17.1 Å². The second-order valence-electron chi connectivity index (χ2n) is 4.94. The van der Waals surface area contributed by atoms with Gasteiger partial charge in [-0.25, -0.2) is 4.39 Å². The predicted octanol–water partition coefficient (Wildman–Crippen LogP) is 5.09. The summed E-state index contributed by atoms with van der Waals surface area (Å²) in [5.41, 5.74) is 1.18. The Morgan fingerprint density at radius 1 is 1.30 bits per heavy atom. The maximum absolute atomic E-state index is 13.9. The molecular weight excluding hydrogens is 357 g/mol. The van der Waals surface area contributed by atoms with Crippen LogP contribution in [-0.4, -0.2) is 16.0 Å². The van der Waals surface area contributed by atoms with Crippen molar-refractivity contribution in [1.82, 2.24) is 4.90 Å². The lowest BCUT2D eigenvalue weighted by atomic mass is 10.2. The number of thiophene rings is 1. The second-order valence-corrected chi connectivity index (χ2v) is 7.28. The van der Waals surface area contributed by atoms with Crippen LogP contribution in [-0.2, 0) is 11.3 Å². The van der Waals surface area contributed by atoms with Crippen LogP contribution in [0, 0.1) is 12.7 Å². The molecule has 1 aromatic carbocycles. The third-order valence-electron chi connectivity index (χ3n) is 3.42. The SMILES string of the molecule is Cc1ccsc1/C=C1/SC(=O)N(Cc2c(F)cccc2Cl)C1=O. The molecule has 3 rings (SSSR count). The highest BCUT2D eigenvalue weighted by atomic mass is 35.5. The van der Waals surface area contributed by atoms with Gasteiger partial charge in [0.05, 0.1) is 11.4 Å². The molecule has 0 aliphatic carbocycles. The Bertz CT molecular complexity index is 811. The summed E-state index contributed by atoms with van der Waals surface area (Å²) in [5.74, 6) is -0.957. The van der Waals surface area contributed by atoms with Crippen LogP contribution in [0.4, 0.5) is 9.18 Å². The van der Waals surface area contributed by atoms with Crippen molar-refractivity contribution in [2.24, 2.45) is 0 Å². The average molecular weight is 368 g/mol. The first-order valence-corrected chi connectivity index (χ1v) is 8.77. The van der Waals surface area contributed by atoms with E-state index in [0.717, 1.165) is 27.1 Å². The van der Waals surface area contributed by atoms with Gasteiger partial charge in [0.25, 0.3) is 11.1 Å². The Kier molecular flexibility index (Phi) is 4.57. The summed E-state index contributed by atoms with van der Waals surface area (Å²) in [7, 11) is 0. The van der Waals surface area contributed by atoms with Gasteiger partial charge in [0.15, 0.2) is 0 Å². The predicted molar refractivity (Wildman–Crippen MR) is 92.0 cm³/mol. The largest absolute Gasteiger partial charge is 0.293 e. The molecular formula is C16H11ClFNO2S2. The molecule has 23 heavy (non-hydrogen) atoms. The Balaban J connectivity index is 1.88. The third kappa shape index (κ3) is 3.20. The fourth-order valence-corrected chi connectivity index (χ4v) is 4.11. The van der Waals surface area contributed by atoms with Crippen molar-refractivity contribution in [3.8, 4) is 0 Å². The van der Waals surface area contributed by atoms with E-state index >= 15 is 0 Å². The van der Waals surface area contributed by atoms with E-state index < -0.39 is 17.0 Å². The molecule has 7 heteroatoms. The minimum Gasteiger partial charge on any atom is -0.268 e. The minimum absolute atomic E-state index is 0.144. The number of amides is 2. The normalized spacial score (nSPS) is 16.7. The van der Waals surface area contributed by atoms with Gasteiger partial charge >= 0.3 is 0 Å². The van der Waals surface area contributed by atoms with E-state index in [1.165, 1.54) is 29.5 Å². The third-order valence-corrected chi connectivity index (χ3v) is 5.64. The standard InChI is InChI=1S/C16H11ClFNO2S2/c1-9-5-6-22-13(9)7-14-15(20)19(16(21)23-14)8-10-11(17)3-2-4-12(10)18/h2-7H,8H2,1H3/b14-7+. The van der Waals surface area contributed by atoms with Gasteiger partial charge in [-0.2, -0.15) is 0 Å². The summed E-state index contributed by atoms with van der Waals surface area (Å²) in [6, 6.07) is 6.21. The van der Waals surface area contributed by atoms with E-state index in [9.17, 15) is 14.0 Å². The lowest BCUT2D eigenvalue weighted by Crippen LogP contribution is -2.28. The summed E-state index contributed by atoms with van der Waals surface area (Å²) in [5, 5.41) is 1.70. The number of imide groups is 1. The molecule has 1 aliphatic rings. The highest BCUT2D eigenvalue weighted by molar-refractivity contribution is 8.18. The van der Waals surface area contributed by atoms with E-state index in [1.807, 2.05) is 18.4 Å². The van der Waals surface area contributed by atoms with Crippen molar-refractivity contribution in [3.05, 3.63) is 61.4 Å². The Hall–Kier alpha value is -1.63. The van der Waals surface area contributed by atoms with Crippen LogP contribution in [0.15, 0.2) is 34.6 Å².